The van der Waals surface area contributed by atoms with Gasteiger partial charge in [-0.05, 0) is 37.5 Å². The summed E-state index contributed by atoms with van der Waals surface area (Å²) in [6.07, 6.45) is 2.00. The van der Waals surface area contributed by atoms with Crippen molar-refractivity contribution in [1.29, 1.82) is 0 Å². The van der Waals surface area contributed by atoms with Gasteiger partial charge in [-0.1, -0.05) is 35.9 Å². The maximum atomic E-state index is 13.1. The van der Waals surface area contributed by atoms with Crippen molar-refractivity contribution in [2.24, 2.45) is 0 Å². The first-order chi connectivity index (χ1) is 11.7. The average molecular weight is 322 g/mol. The zero-order valence-electron chi connectivity index (χ0n) is 14.1. The van der Waals surface area contributed by atoms with Gasteiger partial charge in [0.2, 0.25) is 5.91 Å². The second-order valence-electron chi connectivity index (χ2n) is 6.59. The topological polar surface area (TPSA) is 32.8 Å². The number of methoxy groups -OCH3 is 1. The molecule has 0 radical (unpaired) electrons. The van der Waals surface area contributed by atoms with Crippen LogP contribution in [0.1, 0.15) is 30.1 Å². The maximum Gasteiger partial charge on any atom is 0.246 e. The fourth-order valence-electron chi connectivity index (χ4n) is 3.88. The molecular weight excluding hydrogens is 300 g/mol. The lowest BCUT2D eigenvalue weighted by Gasteiger charge is -2.30. The summed E-state index contributed by atoms with van der Waals surface area (Å²) in [4.78, 5) is 17.4. The normalized spacial score (nSPS) is 23.6. The molecule has 1 amide bonds. The second kappa shape index (κ2) is 5.95. The fourth-order valence-corrected chi connectivity index (χ4v) is 3.88. The Kier molecular flexibility index (Phi) is 3.77. The Labute approximate surface area is 142 Å². The van der Waals surface area contributed by atoms with Gasteiger partial charge in [0.25, 0.3) is 0 Å². The Morgan fingerprint density at radius 3 is 2.67 bits per heavy atom. The van der Waals surface area contributed by atoms with E-state index in [1.165, 1.54) is 11.1 Å². The van der Waals surface area contributed by atoms with Gasteiger partial charge in [-0.3, -0.25) is 14.6 Å². The molecule has 124 valence electrons. The van der Waals surface area contributed by atoms with E-state index in [2.05, 4.69) is 36.1 Å². The highest BCUT2D eigenvalue weighted by molar-refractivity contribution is 6.00. The van der Waals surface area contributed by atoms with Crippen LogP contribution in [0.15, 0.2) is 48.5 Å². The number of fused-ring (bicyclic) bond motifs is 1. The maximum absolute atomic E-state index is 13.1. The van der Waals surface area contributed by atoms with E-state index in [1.807, 2.05) is 29.2 Å². The Morgan fingerprint density at radius 1 is 1.12 bits per heavy atom. The van der Waals surface area contributed by atoms with E-state index in [1.54, 1.807) is 7.11 Å². The summed E-state index contributed by atoms with van der Waals surface area (Å²) in [7, 11) is 1.65. The van der Waals surface area contributed by atoms with Gasteiger partial charge in [0.05, 0.1) is 13.2 Å². The van der Waals surface area contributed by atoms with Crippen LogP contribution < -0.4 is 9.64 Å². The largest absolute Gasteiger partial charge is 0.497 e. The first-order valence-electron chi connectivity index (χ1n) is 8.48. The first-order valence-corrected chi connectivity index (χ1v) is 8.48. The lowest BCUT2D eigenvalue weighted by Crippen LogP contribution is -2.32. The standard InChI is InChI=1S/C20H22N2O2/c1-14-8-10-15(11-9-14)19-21-12-4-7-18(21)20(23)22(19)16-5-3-6-17(13-16)24-2/h3,5-6,8-11,13,18-19H,4,7,12H2,1-2H3. The Balaban J connectivity index is 1.79. The molecule has 0 saturated carbocycles. The minimum atomic E-state index is -0.0299. The number of nitrogens with zero attached hydrogens (tertiary/aromatic N) is 2. The van der Waals surface area contributed by atoms with Gasteiger partial charge in [-0.2, -0.15) is 0 Å². The van der Waals surface area contributed by atoms with E-state index in [0.29, 0.717) is 0 Å². The molecule has 0 bridgehead atoms. The van der Waals surface area contributed by atoms with Crippen molar-refractivity contribution in [3.8, 4) is 5.75 Å². The number of benzene rings is 2. The van der Waals surface area contributed by atoms with E-state index >= 15 is 0 Å². The predicted molar refractivity (Wildman–Crippen MR) is 94.1 cm³/mol. The summed E-state index contributed by atoms with van der Waals surface area (Å²) in [5, 5.41) is 0. The van der Waals surface area contributed by atoms with Crippen molar-refractivity contribution in [2.75, 3.05) is 18.6 Å². The molecule has 24 heavy (non-hydrogen) atoms. The molecule has 4 heteroatoms. The molecule has 0 aromatic heterocycles. The van der Waals surface area contributed by atoms with Crippen molar-refractivity contribution >= 4 is 11.6 Å². The monoisotopic (exact) mass is 322 g/mol. The number of carbonyl (C=O) groups excluding carboxylic acids is 1. The lowest BCUT2D eigenvalue weighted by atomic mass is 10.1. The highest BCUT2D eigenvalue weighted by atomic mass is 16.5. The zero-order valence-corrected chi connectivity index (χ0v) is 14.1. The Hall–Kier alpha value is -2.33. The van der Waals surface area contributed by atoms with Gasteiger partial charge in [-0.25, -0.2) is 0 Å². The number of rotatable bonds is 3. The average Bonchev–Trinajstić information content (AvgIpc) is 3.18. The van der Waals surface area contributed by atoms with Crippen LogP contribution in [-0.4, -0.2) is 30.5 Å². The lowest BCUT2D eigenvalue weighted by molar-refractivity contribution is -0.119. The molecule has 2 aromatic rings. The Bertz CT molecular complexity index is 756. The third kappa shape index (κ3) is 2.38. The molecule has 4 rings (SSSR count). The fraction of sp³-hybridized carbons (Fsp3) is 0.350. The molecule has 2 unspecified atom stereocenters. The summed E-state index contributed by atoms with van der Waals surface area (Å²) in [6.45, 7) is 3.05. The molecule has 2 heterocycles. The highest BCUT2D eigenvalue weighted by Crippen LogP contribution is 2.42. The quantitative estimate of drug-likeness (QED) is 0.867. The molecule has 2 aliphatic heterocycles. The van der Waals surface area contributed by atoms with Gasteiger partial charge in [-0.15, -0.1) is 0 Å². The number of anilines is 1. The summed E-state index contributed by atoms with van der Waals surface area (Å²) >= 11 is 0. The number of carbonyl (C=O) groups is 1. The van der Waals surface area contributed by atoms with Gasteiger partial charge in [0.15, 0.2) is 0 Å². The SMILES string of the molecule is COc1cccc(N2C(=O)C3CCCN3C2c2ccc(C)cc2)c1. The van der Waals surface area contributed by atoms with E-state index in [4.69, 9.17) is 4.74 Å². The van der Waals surface area contributed by atoms with Crippen LogP contribution in [0.4, 0.5) is 5.69 Å². The number of ether oxygens (including phenoxy) is 1. The molecule has 0 N–H and O–H groups in total. The second-order valence-corrected chi connectivity index (χ2v) is 6.59. The number of hydrogen-bond donors (Lipinski definition) is 0. The zero-order chi connectivity index (χ0) is 16.7. The molecule has 2 aliphatic rings. The van der Waals surface area contributed by atoms with Crippen molar-refractivity contribution in [3.05, 3.63) is 59.7 Å². The summed E-state index contributed by atoms with van der Waals surface area (Å²) in [5.74, 6) is 0.973. The minimum absolute atomic E-state index is 0.00232. The highest BCUT2D eigenvalue weighted by Gasteiger charge is 2.49. The number of hydrogen-bond acceptors (Lipinski definition) is 3. The van der Waals surface area contributed by atoms with Crippen molar-refractivity contribution in [3.63, 3.8) is 0 Å². The molecular formula is C20H22N2O2. The molecule has 2 fully saturated rings. The van der Waals surface area contributed by atoms with Crippen molar-refractivity contribution < 1.29 is 9.53 Å². The van der Waals surface area contributed by atoms with Gasteiger partial charge in [0.1, 0.15) is 11.9 Å². The van der Waals surface area contributed by atoms with Crippen LogP contribution in [0.3, 0.4) is 0 Å². The van der Waals surface area contributed by atoms with Gasteiger partial charge in [0, 0.05) is 18.3 Å². The van der Waals surface area contributed by atoms with Crippen LogP contribution in [0.25, 0.3) is 0 Å². The molecule has 2 saturated heterocycles. The molecule has 0 aliphatic carbocycles. The van der Waals surface area contributed by atoms with Crippen molar-refractivity contribution in [1.82, 2.24) is 4.90 Å². The Morgan fingerprint density at radius 2 is 1.92 bits per heavy atom. The van der Waals surface area contributed by atoms with Gasteiger partial charge < -0.3 is 4.74 Å². The first kappa shape index (κ1) is 15.2. The molecule has 0 spiro atoms. The summed E-state index contributed by atoms with van der Waals surface area (Å²) < 4.78 is 5.35. The van der Waals surface area contributed by atoms with E-state index in [-0.39, 0.29) is 18.1 Å². The predicted octanol–water partition coefficient (Wildman–Crippen LogP) is 3.51. The van der Waals surface area contributed by atoms with Crippen LogP contribution >= 0.6 is 0 Å². The van der Waals surface area contributed by atoms with Crippen LogP contribution in [0.2, 0.25) is 0 Å². The number of aryl methyl sites for hydroxylation is 1. The summed E-state index contributed by atoms with van der Waals surface area (Å²) in [5.41, 5.74) is 3.30. The molecule has 2 aromatic carbocycles. The van der Waals surface area contributed by atoms with E-state index in [0.717, 1.165) is 30.8 Å². The summed E-state index contributed by atoms with van der Waals surface area (Å²) in [6, 6.07) is 16.3. The third-order valence-corrected chi connectivity index (χ3v) is 5.08. The van der Waals surface area contributed by atoms with E-state index < -0.39 is 0 Å². The smallest absolute Gasteiger partial charge is 0.246 e. The van der Waals surface area contributed by atoms with Crippen LogP contribution in [0.5, 0.6) is 5.75 Å². The van der Waals surface area contributed by atoms with E-state index in [9.17, 15) is 4.79 Å². The van der Waals surface area contributed by atoms with Crippen LogP contribution in [-0.2, 0) is 4.79 Å². The number of amides is 1. The third-order valence-electron chi connectivity index (χ3n) is 5.08. The van der Waals surface area contributed by atoms with Gasteiger partial charge >= 0.3 is 0 Å². The molecule has 4 nitrogen and oxygen atoms in total. The van der Waals surface area contributed by atoms with Crippen LogP contribution in [0, 0.1) is 6.92 Å². The minimum Gasteiger partial charge on any atom is -0.497 e. The molecule has 2 atom stereocenters. The van der Waals surface area contributed by atoms with Crippen molar-refractivity contribution in [2.45, 2.75) is 32.0 Å².